The first-order valence-electron chi connectivity index (χ1n) is 5.03. The van der Waals surface area contributed by atoms with Gasteiger partial charge < -0.3 is 4.90 Å². The van der Waals surface area contributed by atoms with Crippen molar-refractivity contribution in [3.63, 3.8) is 0 Å². The van der Waals surface area contributed by atoms with Crippen molar-refractivity contribution in [1.82, 2.24) is 4.90 Å². The first-order chi connectivity index (χ1) is 5.73. The normalized spacial score (nSPS) is 50.4. The van der Waals surface area contributed by atoms with Crippen molar-refractivity contribution in [2.45, 2.75) is 38.1 Å². The molecule has 0 bridgehead atoms. The molecule has 2 aliphatic heterocycles. The number of amides is 1. The van der Waals surface area contributed by atoms with E-state index in [9.17, 15) is 4.79 Å². The van der Waals surface area contributed by atoms with Gasteiger partial charge >= 0.3 is 0 Å². The summed E-state index contributed by atoms with van der Waals surface area (Å²) in [7, 11) is 0. The summed E-state index contributed by atoms with van der Waals surface area (Å²) in [5.41, 5.74) is 0.289. The van der Waals surface area contributed by atoms with Gasteiger partial charge in [0.2, 0.25) is 5.91 Å². The van der Waals surface area contributed by atoms with Crippen molar-refractivity contribution in [1.29, 1.82) is 0 Å². The van der Waals surface area contributed by atoms with Gasteiger partial charge in [-0.3, -0.25) is 4.79 Å². The molecule has 1 saturated carbocycles. The Morgan fingerprint density at radius 2 is 2.08 bits per heavy atom. The van der Waals surface area contributed by atoms with Crippen molar-refractivity contribution in [3.05, 3.63) is 0 Å². The van der Waals surface area contributed by atoms with E-state index in [0.717, 1.165) is 18.9 Å². The molecule has 0 unspecified atom stereocenters. The fraction of sp³-hybridized carbons (Fsp3) is 0.900. The van der Waals surface area contributed by atoms with Crippen molar-refractivity contribution < 1.29 is 4.79 Å². The highest BCUT2D eigenvalue weighted by Crippen LogP contribution is 2.55. The van der Waals surface area contributed by atoms with Gasteiger partial charge in [-0.05, 0) is 38.0 Å². The van der Waals surface area contributed by atoms with E-state index < -0.39 is 0 Å². The predicted molar refractivity (Wildman–Crippen MR) is 45.6 cm³/mol. The number of carbonyl (C=O) groups is 1. The zero-order chi connectivity index (χ0) is 8.34. The second-order valence-corrected chi connectivity index (χ2v) is 4.74. The van der Waals surface area contributed by atoms with Crippen LogP contribution in [0.5, 0.6) is 0 Å². The summed E-state index contributed by atoms with van der Waals surface area (Å²) in [6.07, 6.45) is 4.76. The molecule has 1 amide bonds. The molecule has 66 valence electrons. The van der Waals surface area contributed by atoms with Gasteiger partial charge in [0.05, 0.1) is 0 Å². The highest BCUT2D eigenvalue weighted by atomic mass is 16.2. The number of hydrogen-bond donors (Lipinski definition) is 0. The van der Waals surface area contributed by atoms with Crippen molar-refractivity contribution in [2.75, 3.05) is 6.54 Å². The molecule has 0 aromatic heterocycles. The van der Waals surface area contributed by atoms with Crippen LogP contribution in [0, 0.1) is 11.8 Å². The molecular formula is C10H15NO. The largest absolute Gasteiger partial charge is 0.337 e. The van der Waals surface area contributed by atoms with Crippen molar-refractivity contribution >= 4 is 5.91 Å². The van der Waals surface area contributed by atoms with Crippen LogP contribution in [0.2, 0.25) is 0 Å². The van der Waals surface area contributed by atoms with E-state index in [0.29, 0.717) is 11.8 Å². The maximum Gasteiger partial charge on any atom is 0.223 e. The van der Waals surface area contributed by atoms with Gasteiger partial charge in [0.1, 0.15) is 0 Å². The Kier molecular flexibility index (Phi) is 1.07. The minimum atomic E-state index is 0.289. The van der Waals surface area contributed by atoms with Gasteiger partial charge in [-0.2, -0.15) is 0 Å². The molecule has 3 aliphatic rings. The average Bonchev–Trinajstić information content (AvgIpc) is 2.56. The number of rotatable bonds is 0. The van der Waals surface area contributed by atoms with Crippen LogP contribution in [0.1, 0.15) is 32.6 Å². The highest BCUT2D eigenvalue weighted by Gasteiger charge is 2.59. The standard InChI is InChI=1S/C10H15NO/c1-10-7-2-3-8(10)6-9(12)11(10)5-4-7/h7-8H,2-6H2,1H3/t7-,8+,10+/m0/s1. The fourth-order valence-corrected chi connectivity index (χ4v) is 3.75. The van der Waals surface area contributed by atoms with Crippen LogP contribution in [0.15, 0.2) is 0 Å². The van der Waals surface area contributed by atoms with Gasteiger partial charge in [0.25, 0.3) is 0 Å². The minimum Gasteiger partial charge on any atom is -0.337 e. The van der Waals surface area contributed by atoms with E-state index >= 15 is 0 Å². The second-order valence-electron chi connectivity index (χ2n) is 4.74. The molecule has 2 heteroatoms. The van der Waals surface area contributed by atoms with Crippen LogP contribution in [0.4, 0.5) is 0 Å². The molecule has 3 rings (SSSR count). The van der Waals surface area contributed by atoms with Crippen LogP contribution in [-0.2, 0) is 4.79 Å². The third kappa shape index (κ3) is 0.540. The molecule has 0 N–H and O–H groups in total. The van der Waals surface area contributed by atoms with Crippen LogP contribution < -0.4 is 0 Å². The Morgan fingerprint density at radius 1 is 1.33 bits per heavy atom. The highest BCUT2D eigenvalue weighted by molar-refractivity contribution is 5.81. The lowest BCUT2D eigenvalue weighted by Crippen LogP contribution is -2.42. The summed E-state index contributed by atoms with van der Waals surface area (Å²) in [6, 6.07) is 0. The molecule has 3 atom stereocenters. The molecule has 2 heterocycles. The maximum absolute atomic E-state index is 11.6. The first-order valence-corrected chi connectivity index (χ1v) is 5.03. The fourth-order valence-electron chi connectivity index (χ4n) is 3.75. The Hall–Kier alpha value is -0.530. The Morgan fingerprint density at radius 3 is 2.92 bits per heavy atom. The molecule has 12 heavy (non-hydrogen) atoms. The molecule has 3 fully saturated rings. The summed E-state index contributed by atoms with van der Waals surface area (Å²) in [5, 5.41) is 0. The van der Waals surface area contributed by atoms with Crippen LogP contribution in [-0.4, -0.2) is 22.9 Å². The van der Waals surface area contributed by atoms with Crippen LogP contribution in [0.3, 0.4) is 0 Å². The van der Waals surface area contributed by atoms with Gasteiger partial charge in [0.15, 0.2) is 0 Å². The lowest BCUT2D eigenvalue weighted by atomic mass is 9.85. The minimum absolute atomic E-state index is 0.289. The maximum atomic E-state index is 11.6. The number of nitrogens with zero attached hydrogens (tertiary/aromatic N) is 1. The molecule has 2 saturated heterocycles. The lowest BCUT2D eigenvalue weighted by molar-refractivity contribution is -0.129. The van der Waals surface area contributed by atoms with E-state index in [1.165, 1.54) is 19.3 Å². The van der Waals surface area contributed by atoms with Gasteiger partial charge in [-0.15, -0.1) is 0 Å². The third-order valence-electron chi connectivity index (χ3n) is 4.52. The molecule has 2 nitrogen and oxygen atoms in total. The average molecular weight is 165 g/mol. The van der Waals surface area contributed by atoms with Crippen molar-refractivity contribution in [3.8, 4) is 0 Å². The van der Waals surface area contributed by atoms with Crippen LogP contribution in [0.25, 0.3) is 0 Å². The van der Waals surface area contributed by atoms with Gasteiger partial charge in [0, 0.05) is 18.5 Å². The molecule has 0 aromatic carbocycles. The lowest BCUT2D eigenvalue weighted by Gasteiger charge is -2.31. The monoisotopic (exact) mass is 165 g/mol. The second kappa shape index (κ2) is 1.86. The van der Waals surface area contributed by atoms with Gasteiger partial charge in [-0.25, -0.2) is 0 Å². The Labute approximate surface area is 72.9 Å². The molecule has 1 aliphatic carbocycles. The molecule has 0 spiro atoms. The predicted octanol–water partition coefficient (Wildman–Crippen LogP) is 1.41. The Bertz CT molecular complexity index is 250. The third-order valence-corrected chi connectivity index (χ3v) is 4.52. The zero-order valence-electron chi connectivity index (χ0n) is 7.55. The smallest absolute Gasteiger partial charge is 0.223 e. The molecule has 0 radical (unpaired) electrons. The number of carbonyl (C=O) groups excluding carboxylic acids is 1. The summed E-state index contributed by atoms with van der Waals surface area (Å²) in [4.78, 5) is 13.7. The summed E-state index contributed by atoms with van der Waals surface area (Å²) < 4.78 is 0. The van der Waals surface area contributed by atoms with Gasteiger partial charge in [-0.1, -0.05) is 0 Å². The van der Waals surface area contributed by atoms with E-state index in [1.54, 1.807) is 0 Å². The van der Waals surface area contributed by atoms with Crippen LogP contribution >= 0.6 is 0 Å². The topological polar surface area (TPSA) is 20.3 Å². The Balaban J connectivity index is 2.08. The van der Waals surface area contributed by atoms with E-state index in [4.69, 9.17) is 0 Å². The number of hydrogen-bond acceptors (Lipinski definition) is 1. The van der Waals surface area contributed by atoms with Crippen molar-refractivity contribution in [2.24, 2.45) is 11.8 Å². The van der Waals surface area contributed by atoms with E-state index in [2.05, 4.69) is 11.8 Å². The van der Waals surface area contributed by atoms with E-state index in [1.807, 2.05) is 0 Å². The zero-order valence-corrected chi connectivity index (χ0v) is 7.55. The summed E-state index contributed by atoms with van der Waals surface area (Å²) in [5.74, 6) is 1.94. The van der Waals surface area contributed by atoms with E-state index in [-0.39, 0.29) is 5.54 Å². The SMILES string of the molecule is C[C@@]12[C@H]3CC[C@@H]1CC(=O)N2CC3. The molecular weight excluding hydrogens is 150 g/mol. The quantitative estimate of drug-likeness (QED) is 0.531. The molecule has 0 aromatic rings. The summed E-state index contributed by atoms with van der Waals surface area (Å²) >= 11 is 0. The first kappa shape index (κ1) is 6.93. The summed E-state index contributed by atoms with van der Waals surface area (Å²) in [6.45, 7) is 3.35.